The minimum absolute atomic E-state index is 0.0122. The number of likely N-dealkylation sites (N-methyl/N-ethyl adjacent to an activating group) is 1. The van der Waals surface area contributed by atoms with Crippen molar-refractivity contribution in [1.82, 2.24) is 20.4 Å². The van der Waals surface area contributed by atoms with Crippen molar-refractivity contribution in [3.63, 3.8) is 0 Å². The van der Waals surface area contributed by atoms with Gasteiger partial charge in [-0.25, -0.2) is 4.39 Å². The molecule has 1 aromatic carbocycles. The molecular weight excluding hydrogens is 329 g/mol. The topological polar surface area (TPSA) is 42.9 Å². The van der Waals surface area contributed by atoms with Crippen molar-refractivity contribution in [2.45, 2.75) is 39.8 Å². The molecule has 0 aromatic heterocycles. The minimum atomic E-state index is -0.165. The predicted octanol–water partition coefficient (Wildman–Crippen LogP) is 2.39. The average Bonchev–Trinajstić information content (AvgIpc) is 2.62. The largest absolute Gasteiger partial charge is 0.357 e. The van der Waals surface area contributed by atoms with Gasteiger partial charge in [0.25, 0.3) is 0 Å². The molecule has 1 aliphatic rings. The molecule has 0 amide bonds. The molecule has 0 bridgehead atoms. The van der Waals surface area contributed by atoms with Crippen molar-refractivity contribution >= 4 is 5.96 Å². The van der Waals surface area contributed by atoms with Gasteiger partial charge in [-0.2, -0.15) is 0 Å². The quantitative estimate of drug-likeness (QED) is 0.602. The third kappa shape index (κ3) is 5.95. The summed E-state index contributed by atoms with van der Waals surface area (Å²) in [6.07, 6.45) is 0. The van der Waals surface area contributed by atoms with Crippen LogP contribution < -0.4 is 10.6 Å². The summed E-state index contributed by atoms with van der Waals surface area (Å²) < 4.78 is 13.8. The molecule has 2 rings (SSSR count). The van der Waals surface area contributed by atoms with E-state index in [1.807, 2.05) is 19.1 Å². The molecule has 1 aromatic rings. The van der Waals surface area contributed by atoms with E-state index in [9.17, 15) is 4.39 Å². The van der Waals surface area contributed by atoms with Gasteiger partial charge in [0.15, 0.2) is 5.96 Å². The monoisotopic (exact) mass is 363 g/mol. The smallest absolute Gasteiger partial charge is 0.191 e. The summed E-state index contributed by atoms with van der Waals surface area (Å²) in [6, 6.07) is 5.78. The molecule has 0 saturated carbocycles. The van der Waals surface area contributed by atoms with E-state index in [2.05, 4.69) is 41.3 Å². The molecule has 0 radical (unpaired) electrons. The van der Waals surface area contributed by atoms with Crippen LogP contribution in [0.25, 0.3) is 0 Å². The highest BCUT2D eigenvalue weighted by Gasteiger charge is 2.19. The van der Waals surface area contributed by atoms with Gasteiger partial charge in [-0.1, -0.05) is 12.1 Å². The number of aryl methyl sites for hydroxylation is 1. The number of rotatable bonds is 6. The number of halogens is 1. The van der Waals surface area contributed by atoms with Gasteiger partial charge < -0.3 is 15.5 Å². The molecule has 2 unspecified atom stereocenters. The Labute approximate surface area is 157 Å². The highest BCUT2D eigenvalue weighted by molar-refractivity contribution is 5.80. The summed E-state index contributed by atoms with van der Waals surface area (Å²) in [5, 5.41) is 6.68. The summed E-state index contributed by atoms with van der Waals surface area (Å²) in [4.78, 5) is 9.61. The van der Waals surface area contributed by atoms with Crippen LogP contribution in [-0.2, 0) is 0 Å². The number of hydrogen-bond acceptors (Lipinski definition) is 3. The second-order valence-corrected chi connectivity index (χ2v) is 7.28. The molecule has 0 aliphatic carbocycles. The average molecular weight is 364 g/mol. The van der Waals surface area contributed by atoms with E-state index in [-0.39, 0.29) is 11.9 Å². The van der Waals surface area contributed by atoms with Crippen LogP contribution in [0.5, 0.6) is 0 Å². The van der Waals surface area contributed by atoms with Crippen LogP contribution in [0, 0.1) is 12.7 Å². The molecule has 146 valence electrons. The Bertz CT molecular complexity index is 596. The summed E-state index contributed by atoms with van der Waals surface area (Å²) in [5.74, 6) is 0.615. The zero-order chi connectivity index (χ0) is 19.1. The first-order valence-electron chi connectivity index (χ1n) is 9.64. The van der Waals surface area contributed by atoms with Crippen LogP contribution in [0.15, 0.2) is 23.2 Å². The van der Waals surface area contributed by atoms with E-state index in [4.69, 9.17) is 4.99 Å². The first kappa shape index (κ1) is 20.6. The van der Waals surface area contributed by atoms with Crippen LogP contribution in [0.2, 0.25) is 0 Å². The lowest BCUT2D eigenvalue weighted by Crippen LogP contribution is -2.49. The minimum Gasteiger partial charge on any atom is -0.357 e. The number of nitrogens with zero attached hydrogens (tertiary/aromatic N) is 3. The van der Waals surface area contributed by atoms with Crippen molar-refractivity contribution in [2.75, 3.05) is 46.3 Å². The first-order chi connectivity index (χ1) is 12.4. The zero-order valence-electron chi connectivity index (χ0n) is 16.8. The molecule has 0 spiro atoms. The van der Waals surface area contributed by atoms with Gasteiger partial charge in [-0.05, 0) is 51.9 Å². The number of piperazine rings is 1. The Balaban J connectivity index is 1.95. The molecule has 1 aliphatic heterocycles. The number of aliphatic imine (C=N–C) groups is 1. The molecule has 2 atom stereocenters. The zero-order valence-corrected chi connectivity index (χ0v) is 16.8. The van der Waals surface area contributed by atoms with Gasteiger partial charge >= 0.3 is 0 Å². The molecule has 1 fully saturated rings. The van der Waals surface area contributed by atoms with E-state index in [0.717, 1.165) is 50.8 Å². The van der Waals surface area contributed by atoms with E-state index >= 15 is 0 Å². The molecule has 1 saturated heterocycles. The van der Waals surface area contributed by atoms with Gasteiger partial charge in [0.2, 0.25) is 0 Å². The van der Waals surface area contributed by atoms with Crippen LogP contribution in [-0.4, -0.2) is 68.1 Å². The second-order valence-electron chi connectivity index (χ2n) is 7.28. The molecule has 1 heterocycles. The van der Waals surface area contributed by atoms with Crippen LogP contribution in [0.1, 0.15) is 37.9 Å². The Morgan fingerprint density at radius 1 is 1.23 bits per heavy atom. The number of benzene rings is 1. The van der Waals surface area contributed by atoms with E-state index in [1.54, 1.807) is 13.0 Å². The molecular formula is C20H34FN5. The van der Waals surface area contributed by atoms with Crippen LogP contribution in [0.3, 0.4) is 0 Å². The number of guanidine groups is 1. The second kappa shape index (κ2) is 9.88. The van der Waals surface area contributed by atoms with Crippen molar-refractivity contribution in [1.29, 1.82) is 0 Å². The van der Waals surface area contributed by atoms with Gasteiger partial charge in [-0.3, -0.25) is 9.89 Å². The highest BCUT2D eigenvalue weighted by Crippen LogP contribution is 2.16. The van der Waals surface area contributed by atoms with Crippen LogP contribution in [0.4, 0.5) is 4.39 Å². The Hall–Kier alpha value is -1.66. The van der Waals surface area contributed by atoms with Crippen molar-refractivity contribution in [2.24, 2.45) is 4.99 Å². The number of hydrogen-bond donors (Lipinski definition) is 2. The standard InChI is InChI=1S/C20H34FN5/c1-6-22-20(23-14-16(3)26-11-9-25(5)10-12-26)24-17(4)18-8-7-15(2)19(21)13-18/h7-8,13,16-17H,6,9-12,14H2,1-5H3,(H2,22,23,24). The fraction of sp³-hybridized carbons (Fsp3) is 0.650. The van der Waals surface area contributed by atoms with Crippen LogP contribution >= 0.6 is 0 Å². The maximum Gasteiger partial charge on any atom is 0.191 e. The Morgan fingerprint density at radius 2 is 1.92 bits per heavy atom. The molecule has 6 heteroatoms. The first-order valence-corrected chi connectivity index (χ1v) is 9.64. The van der Waals surface area contributed by atoms with Gasteiger partial charge in [0.05, 0.1) is 12.6 Å². The third-order valence-corrected chi connectivity index (χ3v) is 5.07. The fourth-order valence-electron chi connectivity index (χ4n) is 3.09. The third-order valence-electron chi connectivity index (χ3n) is 5.07. The molecule has 5 nitrogen and oxygen atoms in total. The molecule has 2 N–H and O–H groups in total. The van der Waals surface area contributed by atoms with Gasteiger partial charge in [-0.15, -0.1) is 0 Å². The van der Waals surface area contributed by atoms with Gasteiger partial charge in [0, 0.05) is 38.8 Å². The van der Waals surface area contributed by atoms with Gasteiger partial charge in [0.1, 0.15) is 5.82 Å². The lowest BCUT2D eigenvalue weighted by atomic mass is 10.1. The Kier molecular flexibility index (Phi) is 7.85. The van der Waals surface area contributed by atoms with E-state index in [1.165, 1.54) is 0 Å². The highest BCUT2D eigenvalue weighted by atomic mass is 19.1. The number of nitrogens with one attached hydrogen (secondary N) is 2. The van der Waals surface area contributed by atoms with E-state index < -0.39 is 0 Å². The lowest BCUT2D eigenvalue weighted by Gasteiger charge is -2.36. The Morgan fingerprint density at radius 3 is 2.54 bits per heavy atom. The van der Waals surface area contributed by atoms with Crippen molar-refractivity contribution in [3.05, 3.63) is 35.1 Å². The SMILES string of the molecule is CCNC(=NCC(C)N1CCN(C)CC1)NC(C)c1ccc(C)c(F)c1. The lowest BCUT2D eigenvalue weighted by molar-refractivity contribution is 0.122. The summed E-state index contributed by atoms with van der Waals surface area (Å²) in [5.41, 5.74) is 1.59. The van der Waals surface area contributed by atoms with E-state index in [0.29, 0.717) is 11.6 Å². The summed E-state index contributed by atoms with van der Waals surface area (Å²) >= 11 is 0. The summed E-state index contributed by atoms with van der Waals surface area (Å²) in [7, 11) is 2.17. The molecule has 26 heavy (non-hydrogen) atoms. The maximum absolute atomic E-state index is 13.8. The van der Waals surface area contributed by atoms with Crippen molar-refractivity contribution < 1.29 is 4.39 Å². The maximum atomic E-state index is 13.8. The predicted molar refractivity (Wildman–Crippen MR) is 107 cm³/mol. The normalized spacial score (nSPS) is 19.2. The summed E-state index contributed by atoms with van der Waals surface area (Å²) in [6.45, 7) is 14.0. The van der Waals surface area contributed by atoms with Crippen molar-refractivity contribution in [3.8, 4) is 0 Å². The fourth-order valence-corrected chi connectivity index (χ4v) is 3.09.